The average molecular weight is 591 g/mol. The zero-order valence-corrected chi connectivity index (χ0v) is 21.6. The summed E-state index contributed by atoms with van der Waals surface area (Å²) in [6, 6.07) is 17.8. The van der Waals surface area contributed by atoms with Crippen LogP contribution in [0.3, 0.4) is 0 Å². The summed E-state index contributed by atoms with van der Waals surface area (Å²) in [5, 5.41) is 0. The molecule has 0 spiro atoms. The van der Waals surface area contributed by atoms with Gasteiger partial charge in [0.05, 0.1) is 21.3 Å². The van der Waals surface area contributed by atoms with E-state index in [9.17, 15) is 9.18 Å². The number of ether oxygens (including phenoxy) is 2. The van der Waals surface area contributed by atoms with Gasteiger partial charge in [0.2, 0.25) is 0 Å². The fourth-order valence-corrected chi connectivity index (χ4v) is 5.34. The van der Waals surface area contributed by atoms with E-state index in [0.717, 1.165) is 20.4 Å². The Labute approximate surface area is 214 Å². The number of thioether (sulfide) groups is 1. The van der Waals surface area contributed by atoms with Crippen molar-refractivity contribution in [3.8, 4) is 11.5 Å². The summed E-state index contributed by atoms with van der Waals surface area (Å²) in [6.45, 7) is 2.07. The van der Waals surface area contributed by atoms with Crippen molar-refractivity contribution >= 4 is 68.6 Å². The van der Waals surface area contributed by atoms with Crippen molar-refractivity contribution in [1.29, 1.82) is 0 Å². The van der Waals surface area contributed by atoms with Crippen LogP contribution in [0, 0.1) is 16.3 Å². The van der Waals surface area contributed by atoms with Crippen LogP contribution >= 0.6 is 46.6 Å². The Morgan fingerprint density at radius 3 is 2.58 bits per heavy atom. The van der Waals surface area contributed by atoms with Crippen molar-refractivity contribution in [3.63, 3.8) is 0 Å². The standard InChI is InChI=1S/C25H19FINO3S2/c1-15-7-9-18(10-8-15)28-24(29)22(33-25(28)32)13-16-11-20(27)23(21(12-16)30-2)31-14-17-5-3-4-6-19(17)26/h3-13H,14H2,1-2H3/b22-13-. The van der Waals surface area contributed by atoms with E-state index < -0.39 is 0 Å². The predicted octanol–water partition coefficient (Wildman–Crippen LogP) is 6.73. The number of hydrogen-bond acceptors (Lipinski definition) is 5. The van der Waals surface area contributed by atoms with Crippen LogP contribution in [0.4, 0.5) is 10.1 Å². The molecule has 8 heteroatoms. The van der Waals surface area contributed by atoms with Gasteiger partial charge >= 0.3 is 0 Å². The van der Waals surface area contributed by atoms with Gasteiger partial charge in [0.1, 0.15) is 12.4 Å². The molecule has 0 aromatic heterocycles. The lowest BCUT2D eigenvalue weighted by Crippen LogP contribution is -2.27. The molecule has 1 amide bonds. The minimum absolute atomic E-state index is 0.0770. The van der Waals surface area contributed by atoms with Crippen LogP contribution in [0.2, 0.25) is 0 Å². The van der Waals surface area contributed by atoms with Crippen LogP contribution in [-0.4, -0.2) is 17.3 Å². The molecule has 0 radical (unpaired) electrons. The normalized spacial score (nSPS) is 14.8. The molecule has 1 aliphatic rings. The summed E-state index contributed by atoms with van der Waals surface area (Å²) < 4.78 is 26.6. The maximum absolute atomic E-state index is 13.9. The SMILES string of the molecule is COc1cc(/C=C2\SC(=S)N(c3ccc(C)cc3)C2=O)cc(I)c1OCc1ccccc1F. The summed E-state index contributed by atoms with van der Waals surface area (Å²) >= 11 is 8.87. The molecule has 4 rings (SSSR count). The first-order chi connectivity index (χ1) is 15.9. The summed E-state index contributed by atoms with van der Waals surface area (Å²) in [6.07, 6.45) is 1.79. The third-order valence-electron chi connectivity index (χ3n) is 4.97. The second-order valence-corrected chi connectivity index (χ2v) is 10.1. The van der Waals surface area contributed by atoms with E-state index >= 15 is 0 Å². The minimum atomic E-state index is -0.321. The van der Waals surface area contributed by atoms with Gasteiger partial charge in [-0.3, -0.25) is 9.69 Å². The smallest absolute Gasteiger partial charge is 0.270 e. The number of benzene rings is 3. The number of aryl methyl sites for hydroxylation is 1. The van der Waals surface area contributed by atoms with E-state index in [0.29, 0.717) is 26.3 Å². The van der Waals surface area contributed by atoms with Crippen molar-refractivity contribution in [3.05, 3.63) is 91.6 Å². The summed E-state index contributed by atoms with van der Waals surface area (Å²) in [7, 11) is 1.54. The fourth-order valence-electron chi connectivity index (χ4n) is 3.26. The Hall–Kier alpha value is -2.43. The second kappa shape index (κ2) is 10.2. The van der Waals surface area contributed by atoms with Crippen molar-refractivity contribution in [2.24, 2.45) is 0 Å². The lowest BCUT2D eigenvalue weighted by atomic mass is 10.1. The lowest BCUT2D eigenvalue weighted by molar-refractivity contribution is -0.113. The molecule has 1 saturated heterocycles. The molecular weight excluding hydrogens is 572 g/mol. The molecule has 1 aliphatic heterocycles. The molecule has 33 heavy (non-hydrogen) atoms. The van der Waals surface area contributed by atoms with Crippen molar-refractivity contribution in [2.45, 2.75) is 13.5 Å². The zero-order chi connectivity index (χ0) is 23.5. The summed E-state index contributed by atoms with van der Waals surface area (Å²) in [5.41, 5.74) is 3.09. The Bertz CT molecular complexity index is 1260. The highest BCUT2D eigenvalue weighted by Gasteiger charge is 2.33. The molecule has 1 fully saturated rings. The van der Waals surface area contributed by atoms with Crippen LogP contribution in [0.1, 0.15) is 16.7 Å². The summed E-state index contributed by atoms with van der Waals surface area (Å²) in [4.78, 5) is 15.1. The fraction of sp³-hybridized carbons (Fsp3) is 0.120. The van der Waals surface area contributed by atoms with Crippen LogP contribution in [-0.2, 0) is 11.4 Å². The topological polar surface area (TPSA) is 38.8 Å². The first kappa shape index (κ1) is 23.7. The molecule has 0 atom stereocenters. The number of hydrogen-bond donors (Lipinski definition) is 0. The van der Waals surface area contributed by atoms with Gasteiger partial charge in [-0.1, -0.05) is 59.9 Å². The highest BCUT2D eigenvalue weighted by atomic mass is 127. The van der Waals surface area contributed by atoms with Crippen molar-refractivity contribution in [2.75, 3.05) is 12.0 Å². The van der Waals surface area contributed by atoms with E-state index in [-0.39, 0.29) is 18.3 Å². The van der Waals surface area contributed by atoms with Gasteiger partial charge in [0.15, 0.2) is 15.8 Å². The Morgan fingerprint density at radius 2 is 1.88 bits per heavy atom. The molecule has 1 heterocycles. The highest BCUT2D eigenvalue weighted by Crippen LogP contribution is 2.39. The molecule has 3 aromatic carbocycles. The Morgan fingerprint density at radius 1 is 1.15 bits per heavy atom. The molecular formula is C25H19FINO3S2. The van der Waals surface area contributed by atoms with E-state index in [1.54, 1.807) is 42.4 Å². The Balaban J connectivity index is 1.58. The average Bonchev–Trinajstić information content (AvgIpc) is 3.07. The number of anilines is 1. The number of nitrogens with zero attached hydrogens (tertiary/aromatic N) is 1. The second-order valence-electron chi connectivity index (χ2n) is 7.27. The quantitative estimate of drug-likeness (QED) is 0.181. The summed E-state index contributed by atoms with van der Waals surface area (Å²) in [5.74, 6) is 0.533. The number of carbonyl (C=O) groups excluding carboxylic acids is 1. The van der Waals surface area contributed by atoms with Gasteiger partial charge in [-0.25, -0.2) is 4.39 Å². The maximum atomic E-state index is 13.9. The van der Waals surface area contributed by atoms with Crippen LogP contribution in [0.25, 0.3) is 6.08 Å². The molecule has 3 aromatic rings. The van der Waals surface area contributed by atoms with Crippen LogP contribution in [0.15, 0.2) is 65.6 Å². The van der Waals surface area contributed by atoms with Gasteiger partial charge in [0, 0.05) is 5.56 Å². The number of halogens is 2. The Kier molecular flexibility index (Phi) is 7.35. The van der Waals surface area contributed by atoms with Gasteiger partial charge in [-0.05, 0) is 71.5 Å². The monoisotopic (exact) mass is 591 g/mol. The first-order valence-corrected chi connectivity index (χ1v) is 12.3. The largest absolute Gasteiger partial charge is 0.493 e. The van der Waals surface area contributed by atoms with Crippen LogP contribution < -0.4 is 14.4 Å². The minimum Gasteiger partial charge on any atom is -0.493 e. The number of carbonyl (C=O) groups is 1. The first-order valence-electron chi connectivity index (χ1n) is 9.95. The highest BCUT2D eigenvalue weighted by molar-refractivity contribution is 14.1. The van der Waals surface area contributed by atoms with E-state index in [1.165, 1.54) is 17.8 Å². The number of amides is 1. The van der Waals surface area contributed by atoms with Crippen molar-refractivity contribution in [1.82, 2.24) is 0 Å². The van der Waals surface area contributed by atoms with E-state index in [2.05, 4.69) is 22.6 Å². The van der Waals surface area contributed by atoms with E-state index in [1.807, 2.05) is 37.3 Å². The van der Waals surface area contributed by atoms with Crippen molar-refractivity contribution < 1.29 is 18.7 Å². The van der Waals surface area contributed by atoms with Crippen LogP contribution in [0.5, 0.6) is 11.5 Å². The molecule has 0 saturated carbocycles. The van der Waals surface area contributed by atoms with Gasteiger partial charge in [-0.2, -0.15) is 0 Å². The third kappa shape index (κ3) is 5.23. The van der Waals surface area contributed by atoms with Gasteiger partial charge in [-0.15, -0.1) is 0 Å². The number of rotatable bonds is 6. The molecule has 0 bridgehead atoms. The third-order valence-corrected chi connectivity index (χ3v) is 7.07. The molecule has 168 valence electrons. The van der Waals surface area contributed by atoms with E-state index in [4.69, 9.17) is 21.7 Å². The molecule has 0 N–H and O–H groups in total. The number of thiocarbonyl (C=S) groups is 1. The zero-order valence-electron chi connectivity index (χ0n) is 17.8. The lowest BCUT2D eigenvalue weighted by Gasteiger charge is -2.15. The van der Waals surface area contributed by atoms with Gasteiger partial charge in [0.25, 0.3) is 5.91 Å². The molecule has 0 unspecified atom stereocenters. The molecule has 0 aliphatic carbocycles. The number of methoxy groups -OCH3 is 1. The van der Waals surface area contributed by atoms with Gasteiger partial charge < -0.3 is 9.47 Å². The predicted molar refractivity (Wildman–Crippen MR) is 143 cm³/mol. The molecule has 4 nitrogen and oxygen atoms in total. The maximum Gasteiger partial charge on any atom is 0.270 e.